The Morgan fingerprint density at radius 3 is 2.75 bits per heavy atom. The highest BCUT2D eigenvalue weighted by Crippen LogP contribution is 2.27. The van der Waals surface area contributed by atoms with Gasteiger partial charge in [-0.3, -0.25) is 0 Å². The second-order valence-corrected chi connectivity index (χ2v) is 6.39. The first kappa shape index (κ1) is 14.6. The average Bonchev–Trinajstić information content (AvgIpc) is 2.94. The van der Waals surface area contributed by atoms with E-state index in [-0.39, 0.29) is 17.5 Å². The van der Waals surface area contributed by atoms with Crippen LogP contribution in [0.5, 0.6) is 5.75 Å². The normalized spacial score (nSPS) is 19.6. The van der Waals surface area contributed by atoms with Crippen molar-refractivity contribution in [1.82, 2.24) is 4.31 Å². The number of nitrogens with zero attached hydrogens (tertiary/aromatic N) is 4. The molecule has 0 bridgehead atoms. The molecule has 1 fully saturated rings. The zero-order valence-electron chi connectivity index (χ0n) is 11.1. The third-order valence-electron chi connectivity index (χ3n) is 3.34. The smallest absolute Gasteiger partial charge is 0.243 e. The molecule has 1 aliphatic rings. The maximum Gasteiger partial charge on any atom is 0.243 e. The number of sulfonamides is 1. The highest BCUT2D eigenvalue weighted by molar-refractivity contribution is 7.89. The lowest BCUT2D eigenvalue weighted by atomic mass is 10.2. The molecule has 2 rings (SSSR count). The van der Waals surface area contributed by atoms with Gasteiger partial charge in [0.2, 0.25) is 10.0 Å². The minimum atomic E-state index is -3.55. The lowest BCUT2D eigenvalue weighted by molar-refractivity contribution is 0.392. The molecule has 108 valence electrons. The summed E-state index contributed by atoms with van der Waals surface area (Å²) in [7, 11) is -2.02. The summed E-state index contributed by atoms with van der Waals surface area (Å²) in [6.07, 6.45) is 1.50. The van der Waals surface area contributed by atoms with E-state index in [0.29, 0.717) is 18.7 Å². The molecule has 1 aromatic carbocycles. The second kappa shape index (κ2) is 6.13. The van der Waals surface area contributed by atoms with Gasteiger partial charge in [-0.15, -0.1) is 0 Å². The minimum Gasteiger partial charge on any atom is -0.497 e. The van der Waals surface area contributed by atoms with Crippen LogP contribution in [0.4, 0.5) is 0 Å². The summed E-state index contributed by atoms with van der Waals surface area (Å²) in [5.74, 6) is 0.607. The van der Waals surface area contributed by atoms with Crippen LogP contribution in [0.15, 0.2) is 34.3 Å². The predicted molar refractivity (Wildman–Crippen MR) is 73.9 cm³/mol. The fourth-order valence-corrected chi connectivity index (χ4v) is 4.01. The zero-order chi connectivity index (χ0) is 14.6. The van der Waals surface area contributed by atoms with Gasteiger partial charge < -0.3 is 4.74 Å². The SMILES string of the molecule is COc1ccc(S(=O)(=O)N2CCCC2CN=[N+]=[N-])cc1. The van der Waals surface area contributed by atoms with Crippen molar-refractivity contribution in [2.75, 3.05) is 20.2 Å². The number of hydrogen-bond donors (Lipinski definition) is 0. The second-order valence-electron chi connectivity index (χ2n) is 4.50. The molecule has 1 atom stereocenters. The highest BCUT2D eigenvalue weighted by atomic mass is 32.2. The van der Waals surface area contributed by atoms with Crippen LogP contribution in [0.25, 0.3) is 10.4 Å². The van der Waals surface area contributed by atoms with Crippen LogP contribution in [-0.2, 0) is 10.0 Å². The lowest BCUT2D eigenvalue weighted by Crippen LogP contribution is -2.37. The first-order valence-corrected chi connectivity index (χ1v) is 7.70. The molecule has 0 radical (unpaired) electrons. The fraction of sp³-hybridized carbons (Fsp3) is 0.500. The van der Waals surface area contributed by atoms with Crippen molar-refractivity contribution >= 4 is 10.0 Å². The standard InChI is InChI=1S/C12H16N4O3S/c1-19-11-4-6-12(7-5-11)20(17,18)16-8-2-3-10(16)9-14-15-13/h4-7,10H,2-3,8-9H2,1H3. The third-order valence-corrected chi connectivity index (χ3v) is 5.31. The van der Waals surface area contributed by atoms with Gasteiger partial charge in [-0.25, -0.2) is 8.42 Å². The number of benzene rings is 1. The molecule has 0 aliphatic carbocycles. The molecule has 1 unspecified atom stereocenters. The van der Waals surface area contributed by atoms with Gasteiger partial charge in [-0.1, -0.05) is 5.11 Å². The van der Waals surface area contributed by atoms with Crippen LogP contribution in [-0.4, -0.2) is 39.0 Å². The van der Waals surface area contributed by atoms with E-state index in [0.717, 1.165) is 6.42 Å². The molecule has 0 amide bonds. The monoisotopic (exact) mass is 296 g/mol. The number of azide groups is 1. The molecule has 1 heterocycles. The van der Waals surface area contributed by atoms with E-state index in [4.69, 9.17) is 10.3 Å². The van der Waals surface area contributed by atoms with Gasteiger partial charge in [-0.2, -0.15) is 4.31 Å². The van der Waals surface area contributed by atoms with Crippen molar-refractivity contribution in [3.05, 3.63) is 34.7 Å². The van der Waals surface area contributed by atoms with Crippen molar-refractivity contribution in [3.63, 3.8) is 0 Å². The van der Waals surface area contributed by atoms with E-state index in [1.165, 1.54) is 23.5 Å². The van der Waals surface area contributed by atoms with Crippen molar-refractivity contribution in [2.24, 2.45) is 5.11 Å². The molecule has 8 heteroatoms. The van der Waals surface area contributed by atoms with Gasteiger partial charge in [0.25, 0.3) is 0 Å². The molecule has 0 spiro atoms. The molecule has 20 heavy (non-hydrogen) atoms. The van der Waals surface area contributed by atoms with Crippen LogP contribution in [0.1, 0.15) is 12.8 Å². The molecule has 1 aliphatic heterocycles. The van der Waals surface area contributed by atoms with Gasteiger partial charge in [-0.05, 0) is 42.6 Å². The van der Waals surface area contributed by atoms with Crippen LogP contribution < -0.4 is 4.74 Å². The first-order chi connectivity index (χ1) is 9.59. The Balaban J connectivity index is 2.26. The number of methoxy groups -OCH3 is 1. The molecular weight excluding hydrogens is 280 g/mol. The molecule has 1 aromatic rings. The Labute approximate surface area is 117 Å². The van der Waals surface area contributed by atoms with Gasteiger partial charge in [0.05, 0.1) is 12.0 Å². The maximum atomic E-state index is 12.6. The summed E-state index contributed by atoms with van der Waals surface area (Å²) >= 11 is 0. The van der Waals surface area contributed by atoms with Crippen molar-refractivity contribution in [3.8, 4) is 5.75 Å². The van der Waals surface area contributed by atoms with Crippen LogP contribution >= 0.6 is 0 Å². The average molecular weight is 296 g/mol. The van der Waals surface area contributed by atoms with Crippen LogP contribution in [0.2, 0.25) is 0 Å². The van der Waals surface area contributed by atoms with E-state index < -0.39 is 10.0 Å². The summed E-state index contributed by atoms with van der Waals surface area (Å²) in [6, 6.07) is 6.03. The Bertz CT molecular complexity index is 608. The van der Waals surface area contributed by atoms with Crippen molar-refractivity contribution in [2.45, 2.75) is 23.8 Å². The summed E-state index contributed by atoms with van der Waals surface area (Å²) < 4.78 is 31.6. The Kier molecular flexibility index (Phi) is 4.49. The van der Waals surface area contributed by atoms with E-state index in [9.17, 15) is 8.42 Å². The highest BCUT2D eigenvalue weighted by Gasteiger charge is 2.34. The Morgan fingerprint density at radius 1 is 1.45 bits per heavy atom. The van der Waals surface area contributed by atoms with Crippen molar-refractivity contribution in [1.29, 1.82) is 0 Å². The van der Waals surface area contributed by atoms with E-state index >= 15 is 0 Å². The summed E-state index contributed by atoms with van der Waals surface area (Å²) in [5.41, 5.74) is 8.37. The Morgan fingerprint density at radius 2 is 2.15 bits per heavy atom. The Hall–Kier alpha value is -1.76. The summed E-state index contributed by atoms with van der Waals surface area (Å²) in [4.78, 5) is 2.93. The van der Waals surface area contributed by atoms with E-state index in [2.05, 4.69) is 10.0 Å². The molecule has 0 N–H and O–H groups in total. The number of ether oxygens (including phenoxy) is 1. The number of hydrogen-bond acceptors (Lipinski definition) is 4. The summed E-state index contributed by atoms with van der Waals surface area (Å²) in [5, 5.41) is 3.49. The lowest BCUT2D eigenvalue weighted by Gasteiger charge is -2.22. The van der Waals surface area contributed by atoms with Crippen LogP contribution in [0.3, 0.4) is 0 Å². The van der Waals surface area contributed by atoms with Crippen LogP contribution in [0, 0.1) is 0 Å². The molecule has 1 saturated heterocycles. The molecule has 0 aromatic heterocycles. The van der Waals surface area contributed by atoms with Gasteiger partial charge >= 0.3 is 0 Å². The molecule has 7 nitrogen and oxygen atoms in total. The zero-order valence-corrected chi connectivity index (χ0v) is 12.0. The third kappa shape index (κ3) is 2.87. The summed E-state index contributed by atoms with van der Waals surface area (Å²) in [6.45, 7) is 0.631. The molecule has 0 saturated carbocycles. The first-order valence-electron chi connectivity index (χ1n) is 6.26. The van der Waals surface area contributed by atoms with Crippen molar-refractivity contribution < 1.29 is 13.2 Å². The number of rotatable bonds is 5. The van der Waals surface area contributed by atoms with Gasteiger partial charge in [0.1, 0.15) is 5.75 Å². The largest absolute Gasteiger partial charge is 0.497 e. The van der Waals surface area contributed by atoms with Gasteiger partial charge in [0, 0.05) is 24.0 Å². The fourth-order valence-electron chi connectivity index (χ4n) is 2.32. The minimum absolute atomic E-state index is 0.173. The molecular formula is C12H16N4O3S. The topological polar surface area (TPSA) is 95.4 Å². The quantitative estimate of drug-likeness (QED) is 0.473. The predicted octanol–water partition coefficient (Wildman–Crippen LogP) is 2.16. The van der Waals surface area contributed by atoms with E-state index in [1.807, 2.05) is 0 Å². The van der Waals surface area contributed by atoms with E-state index in [1.54, 1.807) is 12.1 Å². The van der Waals surface area contributed by atoms with Gasteiger partial charge in [0.15, 0.2) is 0 Å². The maximum absolute atomic E-state index is 12.6.